The van der Waals surface area contributed by atoms with E-state index in [2.05, 4.69) is 254 Å². The standard InChI is InChI=1S/C31H19BrN2O.C25H25BN2O2.C12H6Br2O/c32-23-15-17-30-26(19-23)25-18-22(14-16-29(25)35-30)20-10-12-21(13-11-20)31-33-27-8-4-5-9-28(27)34(31)24-6-2-1-3-7-24;1-24(2)25(3,4)30-26(29-24)19-16-14-18(15-17-19)23-27-21-12-8-9-13-22(21)28(23)20-10-6-5-7-11-20;13-7-1-3-11-9(5-7)10-6-8(14)2-4-12(10)15-11/h1-19H;5-17H,1-4H3;1-6H. The molecule has 0 radical (unpaired) electrons. The monoisotopic (exact) mass is 1230 g/mol. The third kappa shape index (κ3) is 9.79. The molecule has 0 amide bonds. The highest BCUT2D eigenvalue weighted by molar-refractivity contribution is 9.11. The summed E-state index contributed by atoms with van der Waals surface area (Å²) in [5.41, 5.74) is 14.7. The molecule has 0 unspecified atom stereocenters. The molecule has 1 aliphatic rings. The van der Waals surface area contributed by atoms with E-state index in [-0.39, 0.29) is 18.3 Å². The Hall–Kier alpha value is -7.84. The first-order valence-electron chi connectivity index (χ1n) is 26.4. The Kier molecular flexibility index (Phi) is 13.5. The van der Waals surface area contributed by atoms with Crippen LogP contribution < -0.4 is 5.46 Å². The smallest absolute Gasteiger partial charge is 0.456 e. The topological polar surface area (TPSA) is 80.4 Å². The fourth-order valence-electron chi connectivity index (χ4n) is 10.3. The van der Waals surface area contributed by atoms with Crippen molar-refractivity contribution >= 4 is 126 Å². The summed E-state index contributed by atoms with van der Waals surface area (Å²) >= 11 is 10.5. The summed E-state index contributed by atoms with van der Waals surface area (Å²) in [5, 5.41) is 4.51. The lowest BCUT2D eigenvalue weighted by Crippen LogP contribution is -2.41. The van der Waals surface area contributed by atoms with Gasteiger partial charge in [0.05, 0.1) is 33.3 Å². The van der Waals surface area contributed by atoms with Gasteiger partial charge in [-0.25, -0.2) is 9.97 Å². The van der Waals surface area contributed by atoms with Gasteiger partial charge in [0, 0.05) is 57.5 Å². The number of furan rings is 2. The van der Waals surface area contributed by atoms with Crippen molar-refractivity contribution in [3.8, 4) is 45.3 Å². The summed E-state index contributed by atoms with van der Waals surface area (Å²) in [6.07, 6.45) is 0. The Labute approximate surface area is 488 Å². The summed E-state index contributed by atoms with van der Waals surface area (Å²) in [6, 6.07) is 78.9. The number of hydrogen-bond acceptors (Lipinski definition) is 6. The summed E-state index contributed by atoms with van der Waals surface area (Å²) in [7, 11) is -0.364. The second-order valence-corrected chi connectivity index (χ2v) is 23.6. The van der Waals surface area contributed by atoms with E-state index in [0.29, 0.717) is 0 Å². The van der Waals surface area contributed by atoms with Crippen molar-refractivity contribution in [2.24, 2.45) is 0 Å². The number of hydrogen-bond donors (Lipinski definition) is 0. The normalized spacial score (nSPS) is 13.8. The number of aromatic nitrogens is 4. The Balaban J connectivity index is 0.000000122. The highest BCUT2D eigenvalue weighted by atomic mass is 79.9. The lowest BCUT2D eigenvalue weighted by molar-refractivity contribution is 0.00578. The molecule has 390 valence electrons. The Morgan fingerprint density at radius 1 is 0.362 bits per heavy atom. The minimum atomic E-state index is -0.364. The third-order valence-electron chi connectivity index (χ3n) is 15.1. The second-order valence-electron chi connectivity index (χ2n) is 20.8. The summed E-state index contributed by atoms with van der Waals surface area (Å²) in [4.78, 5) is 9.92. The van der Waals surface area contributed by atoms with E-state index >= 15 is 0 Å². The fourth-order valence-corrected chi connectivity index (χ4v) is 11.4. The first-order valence-corrected chi connectivity index (χ1v) is 28.7. The Morgan fingerprint density at radius 3 is 1.15 bits per heavy atom. The van der Waals surface area contributed by atoms with E-state index < -0.39 is 0 Å². The van der Waals surface area contributed by atoms with Crippen molar-refractivity contribution < 1.29 is 18.1 Å². The maximum absolute atomic E-state index is 6.19. The molecule has 0 saturated carbocycles. The van der Waals surface area contributed by atoms with E-state index in [1.807, 2.05) is 60.7 Å². The Bertz CT molecular complexity index is 4520. The molecule has 1 aliphatic heterocycles. The van der Waals surface area contributed by atoms with Crippen LogP contribution in [0.2, 0.25) is 0 Å². The van der Waals surface area contributed by atoms with E-state index in [0.717, 1.165) is 130 Å². The van der Waals surface area contributed by atoms with Crippen LogP contribution in [0.4, 0.5) is 0 Å². The quantitative estimate of drug-likeness (QED) is 0.154. The maximum Gasteiger partial charge on any atom is 0.494 e. The minimum Gasteiger partial charge on any atom is -0.456 e. The van der Waals surface area contributed by atoms with Gasteiger partial charge in [-0.15, -0.1) is 0 Å². The van der Waals surface area contributed by atoms with Crippen LogP contribution in [0, 0.1) is 0 Å². The van der Waals surface area contributed by atoms with E-state index in [1.165, 1.54) is 0 Å². The van der Waals surface area contributed by atoms with Crippen molar-refractivity contribution in [1.82, 2.24) is 19.1 Å². The molecular formula is C68H50BBr3N4O4. The van der Waals surface area contributed by atoms with Gasteiger partial charge in [-0.05, 0) is 160 Å². The molecule has 1 saturated heterocycles. The van der Waals surface area contributed by atoms with E-state index in [9.17, 15) is 0 Å². The fraction of sp³-hybridized carbons (Fsp3) is 0.0882. The largest absolute Gasteiger partial charge is 0.494 e. The van der Waals surface area contributed by atoms with Gasteiger partial charge in [0.2, 0.25) is 0 Å². The van der Waals surface area contributed by atoms with Crippen LogP contribution in [0.1, 0.15) is 27.7 Å². The summed E-state index contributed by atoms with van der Waals surface area (Å²) < 4.78 is 31.8. The highest BCUT2D eigenvalue weighted by Crippen LogP contribution is 2.39. The lowest BCUT2D eigenvalue weighted by atomic mass is 9.79. The average molecular weight is 1240 g/mol. The lowest BCUT2D eigenvalue weighted by Gasteiger charge is -2.32. The third-order valence-corrected chi connectivity index (χ3v) is 16.6. The van der Waals surface area contributed by atoms with Crippen molar-refractivity contribution in [3.63, 3.8) is 0 Å². The predicted molar refractivity (Wildman–Crippen MR) is 338 cm³/mol. The number of halogens is 3. The van der Waals surface area contributed by atoms with E-state index in [1.54, 1.807) is 0 Å². The number of nitrogens with zero attached hydrogens (tertiary/aromatic N) is 4. The number of benzene rings is 10. The van der Waals surface area contributed by atoms with Crippen LogP contribution in [0.25, 0.3) is 111 Å². The maximum atomic E-state index is 6.19. The van der Waals surface area contributed by atoms with Gasteiger partial charge in [0.25, 0.3) is 0 Å². The summed E-state index contributed by atoms with van der Waals surface area (Å²) in [5.74, 6) is 1.85. The zero-order valence-corrected chi connectivity index (χ0v) is 48.8. The minimum absolute atomic E-state index is 0.350. The molecule has 15 rings (SSSR count). The predicted octanol–water partition coefficient (Wildman–Crippen LogP) is 19.1. The van der Waals surface area contributed by atoms with E-state index in [4.69, 9.17) is 28.1 Å². The molecule has 0 spiro atoms. The molecule has 0 aliphatic carbocycles. The first kappa shape index (κ1) is 51.6. The molecule has 10 aromatic carbocycles. The average Bonchev–Trinajstić information content (AvgIpc) is 4.37. The molecule has 0 atom stereocenters. The molecule has 0 bridgehead atoms. The second kappa shape index (κ2) is 21.0. The molecule has 1 fully saturated rings. The van der Waals surface area contributed by atoms with Gasteiger partial charge < -0.3 is 18.1 Å². The molecule has 14 aromatic rings. The highest BCUT2D eigenvalue weighted by Gasteiger charge is 2.51. The van der Waals surface area contributed by atoms with Crippen molar-refractivity contribution in [1.29, 1.82) is 0 Å². The summed E-state index contributed by atoms with van der Waals surface area (Å²) in [6.45, 7) is 8.29. The molecule has 12 heteroatoms. The van der Waals surface area contributed by atoms with Gasteiger partial charge in [-0.2, -0.15) is 0 Å². The van der Waals surface area contributed by atoms with Crippen molar-refractivity contribution in [2.75, 3.05) is 0 Å². The Morgan fingerprint density at radius 2 is 0.713 bits per heavy atom. The first-order chi connectivity index (χ1) is 38.8. The van der Waals surface area contributed by atoms with Crippen LogP contribution >= 0.6 is 47.8 Å². The SMILES string of the molecule is Brc1ccc2oc3ccc(-c4ccc(-c5nc6ccccc6n5-c5ccccc5)cc4)cc3c2c1.Brc1ccc2oc3ccc(Br)cc3c2c1.CC1(C)OB(c2ccc(-c3nc4ccccc4n3-c3ccccc3)cc2)OC1(C)C. The van der Waals surface area contributed by atoms with Gasteiger partial charge in [-0.3, -0.25) is 9.13 Å². The zero-order chi connectivity index (χ0) is 54.7. The number of rotatable bonds is 6. The number of fused-ring (bicyclic) bond motifs is 8. The van der Waals surface area contributed by atoms with Gasteiger partial charge in [0.15, 0.2) is 0 Å². The van der Waals surface area contributed by atoms with Crippen LogP contribution in [0.3, 0.4) is 0 Å². The van der Waals surface area contributed by atoms with Crippen LogP contribution in [-0.2, 0) is 9.31 Å². The molecular weight excluding hydrogens is 1190 g/mol. The van der Waals surface area contributed by atoms with Gasteiger partial charge >= 0.3 is 7.12 Å². The van der Waals surface area contributed by atoms with Gasteiger partial charge in [0.1, 0.15) is 34.0 Å². The van der Waals surface area contributed by atoms with Crippen LogP contribution in [0.15, 0.2) is 253 Å². The zero-order valence-electron chi connectivity index (χ0n) is 44.1. The van der Waals surface area contributed by atoms with Crippen LogP contribution in [-0.4, -0.2) is 37.4 Å². The van der Waals surface area contributed by atoms with Gasteiger partial charge in [-0.1, -0.05) is 163 Å². The number of imidazole rings is 2. The molecule has 5 heterocycles. The van der Waals surface area contributed by atoms with Crippen LogP contribution in [0.5, 0.6) is 0 Å². The molecule has 0 N–H and O–H groups in total. The number of para-hydroxylation sites is 6. The molecule has 4 aromatic heterocycles. The molecule has 80 heavy (non-hydrogen) atoms. The molecule has 8 nitrogen and oxygen atoms in total. The van der Waals surface area contributed by atoms with Crippen molar-refractivity contribution in [3.05, 3.63) is 244 Å². The van der Waals surface area contributed by atoms with Crippen molar-refractivity contribution in [2.45, 2.75) is 38.9 Å².